The van der Waals surface area contributed by atoms with Crippen LogP contribution in [0.3, 0.4) is 0 Å². The molecule has 2 aromatic rings. The first kappa shape index (κ1) is 14.0. The largest absolute Gasteiger partial charge is 0.398 e. The Labute approximate surface area is 121 Å². The molecular weight excluding hydrogens is 307 g/mol. The van der Waals surface area contributed by atoms with Gasteiger partial charge in [0.15, 0.2) is 0 Å². The van der Waals surface area contributed by atoms with E-state index in [1.165, 1.54) is 6.07 Å². The molecule has 0 spiro atoms. The third-order valence-corrected chi connectivity index (χ3v) is 3.44. The van der Waals surface area contributed by atoms with Crippen molar-refractivity contribution >= 4 is 21.6 Å². The van der Waals surface area contributed by atoms with Crippen LogP contribution < -0.4 is 5.73 Å². The van der Waals surface area contributed by atoms with E-state index < -0.39 is 0 Å². The van der Waals surface area contributed by atoms with E-state index in [1.54, 1.807) is 12.1 Å². The molecule has 0 aliphatic heterocycles. The predicted molar refractivity (Wildman–Crippen MR) is 80.1 cm³/mol. The first-order valence-electron chi connectivity index (χ1n) is 6.02. The smallest absolute Gasteiger partial charge is 0.127 e. The summed E-state index contributed by atoms with van der Waals surface area (Å²) in [6, 6.07) is 12.7. The molecule has 0 saturated carbocycles. The predicted octanol–water partition coefficient (Wildman–Crippen LogP) is 3.80. The molecule has 19 heavy (non-hydrogen) atoms. The Morgan fingerprint density at radius 3 is 2.53 bits per heavy atom. The van der Waals surface area contributed by atoms with E-state index in [0.29, 0.717) is 18.7 Å². The number of rotatable bonds is 4. The van der Waals surface area contributed by atoms with Crippen LogP contribution in [-0.4, -0.2) is 11.9 Å². The second kappa shape index (κ2) is 6.17. The lowest BCUT2D eigenvalue weighted by Crippen LogP contribution is -2.18. The summed E-state index contributed by atoms with van der Waals surface area (Å²) in [6.07, 6.45) is 0. The van der Waals surface area contributed by atoms with E-state index in [2.05, 4.69) is 15.9 Å². The third-order valence-electron chi connectivity index (χ3n) is 2.94. The maximum atomic E-state index is 13.7. The molecule has 4 heteroatoms. The van der Waals surface area contributed by atoms with Gasteiger partial charge in [0.05, 0.1) is 0 Å². The minimum absolute atomic E-state index is 0.184. The van der Waals surface area contributed by atoms with Crippen LogP contribution in [0.15, 0.2) is 46.9 Å². The normalized spacial score (nSPS) is 10.9. The van der Waals surface area contributed by atoms with Gasteiger partial charge in [-0.3, -0.25) is 4.90 Å². The van der Waals surface area contributed by atoms with E-state index in [9.17, 15) is 4.39 Å². The molecule has 2 rings (SSSR count). The maximum Gasteiger partial charge on any atom is 0.127 e. The molecule has 0 fully saturated rings. The Bertz CT molecular complexity index is 572. The number of halogens is 2. The highest BCUT2D eigenvalue weighted by Crippen LogP contribution is 2.19. The van der Waals surface area contributed by atoms with Crippen molar-refractivity contribution in [1.29, 1.82) is 0 Å². The molecule has 0 aliphatic rings. The van der Waals surface area contributed by atoms with Crippen LogP contribution in [0.1, 0.15) is 11.1 Å². The summed E-state index contributed by atoms with van der Waals surface area (Å²) >= 11 is 3.36. The zero-order valence-electron chi connectivity index (χ0n) is 10.7. The van der Waals surface area contributed by atoms with Crippen molar-refractivity contribution in [2.75, 3.05) is 12.8 Å². The highest BCUT2D eigenvalue weighted by molar-refractivity contribution is 9.10. The summed E-state index contributed by atoms with van der Waals surface area (Å²) in [5.41, 5.74) is 8.40. The monoisotopic (exact) mass is 322 g/mol. The van der Waals surface area contributed by atoms with E-state index in [0.717, 1.165) is 15.7 Å². The molecule has 0 heterocycles. The summed E-state index contributed by atoms with van der Waals surface area (Å²) < 4.78 is 14.6. The van der Waals surface area contributed by atoms with Crippen molar-refractivity contribution in [3.8, 4) is 0 Å². The summed E-state index contributed by atoms with van der Waals surface area (Å²) in [5, 5.41) is 0. The number of hydrogen-bond donors (Lipinski definition) is 1. The van der Waals surface area contributed by atoms with Gasteiger partial charge in [-0.25, -0.2) is 4.39 Å². The first-order chi connectivity index (χ1) is 9.06. The van der Waals surface area contributed by atoms with Crippen molar-refractivity contribution in [2.45, 2.75) is 13.1 Å². The van der Waals surface area contributed by atoms with Crippen molar-refractivity contribution in [2.24, 2.45) is 0 Å². The minimum atomic E-state index is -0.184. The van der Waals surface area contributed by atoms with Gasteiger partial charge in [-0.1, -0.05) is 34.1 Å². The number of benzene rings is 2. The average molecular weight is 323 g/mol. The second-order valence-corrected chi connectivity index (χ2v) is 5.52. The Hall–Kier alpha value is -1.39. The van der Waals surface area contributed by atoms with E-state index in [4.69, 9.17) is 5.73 Å². The van der Waals surface area contributed by atoms with Gasteiger partial charge < -0.3 is 5.73 Å². The van der Waals surface area contributed by atoms with Crippen molar-refractivity contribution in [1.82, 2.24) is 4.90 Å². The van der Waals surface area contributed by atoms with Crippen LogP contribution in [-0.2, 0) is 13.1 Å². The molecule has 0 unspecified atom stereocenters. The van der Waals surface area contributed by atoms with Gasteiger partial charge in [0.1, 0.15) is 5.82 Å². The highest BCUT2D eigenvalue weighted by atomic mass is 79.9. The molecule has 0 bridgehead atoms. The lowest BCUT2D eigenvalue weighted by atomic mass is 10.1. The Morgan fingerprint density at radius 1 is 1.11 bits per heavy atom. The number of hydrogen-bond acceptors (Lipinski definition) is 2. The maximum absolute atomic E-state index is 13.7. The molecule has 2 N–H and O–H groups in total. The molecule has 100 valence electrons. The van der Waals surface area contributed by atoms with Gasteiger partial charge in [-0.15, -0.1) is 0 Å². The number of anilines is 1. The van der Waals surface area contributed by atoms with E-state index >= 15 is 0 Å². The fraction of sp³-hybridized carbons (Fsp3) is 0.200. The lowest BCUT2D eigenvalue weighted by Gasteiger charge is -2.18. The third kappa shape index (κ3) is 3.78. The molecule has 2 aromatic carbocycles. The molecule has 2 nitrogen and oxygen atoms in total. The quantitative estimate of drug-likeness (QED) is 0.867. The van der Waals surface area contributed by atoms with Crippen LogP contribution in [0.4, 0.5) is 10.1 Å². The summed E-state index contributed by atoms with van der Waals surface area (Å²) in [4.78, 5) is 2.04. The molecule has 0 aromatic heterocycles. The average Bonchev–Trinajstić information content (AvgIpc) is 2.37. The zero-order valence-corrected chi connectivity index (χ0v) is 12.3. The zero-order chi connectivity index (χ0) is 13.8. The number of para-hydroxylation sites is 1. The summed E-state index contributed by atoms with van der Waals surface area (Å²) in [7, 11) is 1.95. The van der Waals surface area contributed by atoms with E-state index in [1.807, 2.05) is 36.2 Å². The SMILES string of the molecule is CN(Cc1ccccc1N)Cc1cc(Br)ccc1F. The summed E-state index contributed by atoms with van der Waals surface area (Å²) in [6.45, 7) is 1.23. The number of nitrogens with two attached hydrogens (primary N) is 1. The van der Waals surface area contributed by atoms with Crippen LogP contribution in [0, 0.1) is 5.82 Å². The molecular formula is C15H16BrFN2. The minimum Gasteiger partial charge on any atom is -0.398 e. The van der Waals surface area contributed by atoms with Gasteiger partial charge in [-0.2, -0.15) is 0 Å². The topological polar surface area (TPSA) is 29.3 Å². The van der Waals surface area contributed by atoms with Crippen molar-refractivity contribution in [3.05, 3.63) is 63.9 Å². The first-order valence-corrected chi connectivity index (χ1v) is 6.81. The van der Waals surface area contributed by atoms with Gasteiger partial charge in [0.25, 0.3) is 0 Å². The van der Waals surface area contributed by atoms with E-state index in [-0.39, 0.29) is 5.82 Å². The number of nitrogens with zero attached hydrogens (tertiary/aromatic N) is 1. The molecule has 0 radical (unpaired) electrons. The fourth-order valence-electron chi connectivity index (χ4n) is 1.98. The van der Waals surface area contributed by atoms with Crippen LogP contribution in [0.2, 0.25) is 0 Å². The molecule has 0 saturated heterocycles. The van der Waals surface area contributed by atoms with Gasteiger partial charge >= 0.3 is 0 Å². The molecule has 0 aliphatic carbocycles. The fourth-order valence-corrected chi connectivity index (χ4v) is 2.39. The number of nitrogen functional groups attached to an aromatic ring is 1. The standard InChI is InChI=1S/C15H16BrFN2/c1-19(9-11-4-2-3-5-15(11)18)10-12-8-13(16)6-7-14(12)17/h2-8H,9-10,18H2,1H3. The molecule has 0 atom stereocenters. The highest BCUT2D eigenvalue weighted by Gasteiger charge is 2.08. The Kier molecular flexibility index (Phi) is 4.56. The van der Waals surface area contributed by atoms with Crippen molar-refractivity contribution < 1.29 is 4.39 Å². The van der Waals surface area contributed by atoms with Crippen LogP contribution >= 0.6 is 15.9 Å². The second-order valence-electron chi connectivity index (χ2n) is 4.61. The van der Waals surface area contributed by atoms with Crippen molar-refractivity contribution in [3.63, 3.8) is 0 Å². The Morgan fingerprint density at radius 2 is 1.79 bits per heavy atom. The lowest BCUT2D eigenvalue weighted by molar-refractivity contribution is 0.314. The molecule has 0 amide bonds. The summed E-state index contributed by atoms with van der Waals surface area (Å²) in [5.74, 6) is -0.184. The Balaban J connectivity index is 2.07. The van der Waals surface area contributed by atoms with Crippen LogP contribution in [0.5, 0.6) is 0 Å². The van der Waals surface area contributed by atoms with Gasteiger partial charge in [0, 0.05) is 28.8 Å². The van der Waals surface area contributed by atoms with Crippen LogP contribution in [0.25, 0.3) is 0 Å². The van der Waals surface area contributed by atoms with Gasteiger partial charge in [0.2, 0.25) is 0 Å². The van der Waals surface area contributed by atoms with Gasteiger partial charge in [-0.05, 0) is 36.9 Å².